The first-order chi connectivity index (χ1) is 14.0. The number of para-hydroxylation sites is 1. The van der Waals surface area contributed by atoms with E-state index in [1.165, 1.54) is 35.3 Å². The number of likely N-dealkylation sites (N-methyl/N-ethyl adjacent to an activating group) is 1. The van der Waals surface area contributed by atoms with Crippen molar-refractivity contribution in [3.8, 4) is 0 Å². The Balaban J connectivity index is 1.92. The highest BCUT2D eigenvalue weighted by molar-refractivity contribution is 5.92. The summed E-state index contributed by atoms with van der Waals surface area (Å²) in [7, 11) is 1.65. The highest BCUT2D eigenvalue weighted by Gasteiger charge is 2.22. The van der Waals surface area contributed by atoms with Gasteiger partial charge in [0.1, 0.15) is 5.82 Å². The third kappa shape index (κ3) is 4.73. The fraction of sp³-hybridized carbons (Fsp3) is 0.0870. The monoisotopic (exact) mass is 390 g/mol. The van der Waals surface area contributed by atoms with Crippen molar-refractivity contribution in [2.24, 2.45) is 0 Å². The van der Waals surface area contributed by atoms with Gasteiger partial charge in [-0.05, 0) is 35.4 Å². The minimum absolute atomic E-state index is 0.0719. The molecule has 1 unspecified atom stereocenters. The van der Waals surface area contributed by atoms with E-state index >= 15 is 0 Å². The van der Waals surface area contributed by atoms with Crippen molar-refractivity contribution in [2.75, 3.05) is 7.05 Å². The van der Waals surface area contributed by atoms with Crippen molar-refractivity contribution in [1.29, 1.82) is 0 Å². The number of carbonyl (C=O) groups is 1. The van der Waals surface area contributed by atoms with Crippen LogP contribution in [-0.2, 0) is 4.79 Å². The number of carbonyl (C=O) groups excluding carboxylic acids is 1. The van der Waals surface area contributed by atoms with E-state index < -0.39 is 11.0 Å². The van der Waals surface area contributed by atoms with E-state index in [-0.39, 0.29) is 17.4 Å². The lowest BCUT2D eigenvalue weighted by Crippen LogP contribution is -2.30. The largest absolute Gasteiger partial charge is 0.331 e. The Labute approximate surface area is 167 Å². The van der Waals surface area contributed by atoms with E-state index in [1.807, 2.05) is 30.3 Å². The van der Waals surface area contributed by atoms with Gasteiger partial charge in [-0.3, -0.25) is 14.9 Å². The quantitative estimate of drug-likeness (QED) is 0.338. The van der Waals surface area contributed by atoms with Gasteiger partial charge >= 0.3 is 0 Å². The molecule has 0 aliphatic carbocycles. The lowest BCUT2D eigenvalue weighted by Gasteiger charge is -2.28. The summed E-state index contributed by atoms with van der Waals surface area (Å²) in [6.45, 7) is 0. The molecule has 0 aromatic heterocycles. The predicted octanol–water partition coefficient (Wildman–Crippen LogP) is 5.00. The van der Waals surface area contributed by atoms with Crippen molar-refractivity contribution < 1.29 is 14.1 Å². The third-order valence-electron chi connectivity index (χ3n) is 4.57. The molecular formula is C23H19FN2O3. The van der Waals surface area contributed by atoms with Gasteiger partial charge in [0.05, 0.1) is 16.5 Å². The molecule has 0 fully saturated rings. The SMILES string of the molecule is CN(C(=O)/C=C/c1ccccc1[N+](=O)[O-])C(c1ccccc1)c1ccc(F)cc1. The standard InChI is InChI=1S/C23H19FN2O3/c1-25(22(27)16-13-17-7-5-6-10-21(17)26(28)29)23(18-8-3-2-4-9-18)19-11-14-20(24)15-12-19/h2-16,23H,1H3/b16-13+. The van der Waals surface area contributed by atoms with Gasteiger partial charge in [-0.15, -0.1) is 0 Å². The van der Waals surface area contributed by atoms with Gasteiger partial charge in [-0.1, -0.05) is 54.6 Å². The number of nitrogens with zero attached hydrogens (tertiary/aromatic N) is 2. The molecule has 0 spiro atoms. The first kappa shape index (κ1) is 19.9. The number of nitro benzene ring substituents is 1. The topological polar surface area (TPSA) is 63.5 Å². The molecule has 0 heterocycles. The second-order valence-corrected chi connectivity index (χ2v) is 6.46. The molecule has 0 aliphatic heterocycles. The summed E-state index contributed by atoms with van der Waals surface area (Å²) in [5, 5.41) is 11.2. The number of hydrogen-bond donors (Lipinski definition) is 0. The molecule has 0 saturated heterocycles. The molecule has 5 nitrogen and oxygen atoms in total. The van der Waals surface area contributed by atoms with Crippen LogP contribution in [0.3, 0.4) is 0 Å². The van der Waals surface area contributed by atoms with Crippen LogP contribution in [0.2, 0.25) is 0 Å². The van der Waals surface area contributed by atoms with E-state index in [1.54, 1.807) is 37.4 Å². The normalized spacial score (nSPS) is 11.9. The second kappa shape index (κ2) is 8.93. The highest BCUT2D eigenvalue weighted by atomic mass is 19.1. The van der Waals surface area contributed by atoms with E-state index in [4.69, 9.17) is 0 Å². The van der Waals surface area contributed by atoms with Gasteiger partial charge in [-0.25, -0.2) is 4.39 Å². The van der Waals surface area contributed by atoms with Crippen molar-refractivity contribution in [2.45, 2.75) is 6.04 Å². The van der Waals surface area contributed by atoms with Crippen LogP contribution in [0, 0.1) is 15.9 Å². The van der Waals surface area contributed by atoms with Crippen LogP contribution >= 0.6 is 0 Å². The maximum atomic E-state index is 13.4. The van der Waals surface area contributed by atoms with Gasteiger partial charge in [-0.2, -0.15) is 0 Å². The fourth-order valence-corrected chi connectivity index (χ4v) is 3.12. The Morgan fingerprint density at radius 1 is 0.966 bits per heavy atom. The number of amides is 1. The first-order valence-corrected chi connectivity index (χ1v) is 8.96. The Morgan fingerprint density at radius 2 is 1.55 bits per heavy atom. The van der Waals surface area contributed by atoms with Crippen molar-refractivity contribution in [1.82, 2.24) is 4.90 Å². The molecule has 6 heteroatoms. The maximum absolute atomic E-state index is 13.4. The van der Waals surface area contributed by atoms with Crippen LogP contribution in [0.4, 0.5) is 10.1 Å². The number of hydrogen-bond acceptors (Lipinski definition) is 3. The van der Waals surface area contributed by atoms with E-state index in [9.17, 15) is 19.3 Å². The number of nitro groups is 1. The number of benzene rings is 3. The Bertz CT molecular complexity index is 1030. The van der Waals surface area contributed by atoms with Crippen LogP contribution in [0.15, 0.2) is 84.9 Å². The molecule has 29 heavy (non-hydrogen) atoms. The molecule has 3 aromatic rings. The lowest BCUT2D eigenvalue weighted by atomic mass is 9.97. The molecule has 0 radical (unpaired) electrons. The van der Waals surface area contributed by atoms with E-state index in [0.29, 0.717) is 5.56 Å². The highest BCUT2D eigenvalue weighted by Crippen LogP contribution is 2.28. The second-order valence-electron chi connectivity index (χ2n) is 6.46. The summed E-state index contributed by atoms with van der Waals surface area (Å²) in [4.78, 5) is 25.0. The maximum Gasteiger partial charge on any atom is 0.276 e. The summed E-state index contributed by atoms with van der Waals surface area (Å²) in [5.41, 5.74) is 1.90. The number of rotatable bonds is 6. The fourth-order valence-electron chi connectivity index (χ4n) is 3.12. The first-order valence-electron chi connectivity index (χ1n) is 8.96. The molecular weight excluding hydrogens is 371 g/mol. The molecule has 146 valence electrons. The summed E-state index contributed by atoms with van der Waals surface area (Å²) in [6, 6.07) is 21.2. The van der Waals surface area contributed by atoms with Crippen LogP contribution in [0.25, 0.3) is 6.08 Å². The van der Waals surface area contributed by atoms with E-state index in [0.717, 1.165) is 11.1 Å². The predicted molar refractivity (Wildman–Crippen MR) is 110 cm³/mol. The Hall–Kier alpha value is -3.80. The molecule has 0 aliphatic rings. The molecule has 3 rings (SSSR count). The zero-order valence-corrected chi connectivity index (χ0v) is 15.7. The molecule has 0 saturated carbocycles. The molecule has 0 N–H and O–H groups in total. The molecule has 1 atom stereocenters. The Kier molecular flexibility index (Phi) is 6.14. The summed E-state index contributed by atoms with van der Waals surface area (Å²) in [6.07, 6.45) is 2.74. The third-order valence-corrected chi connectivity index (χ3v) is 4.57. The minimum atomic E-state index is -0.487. The number of halogens is 1. The summed E-state index contributed by atoms with van der Waals surface area (Å²) in [5.74, 6) is -0.688. The molecule has 0 bridgehead atoms. The van der Waals surface area contributed by atoms with Gasteiger partial charge in [0.15, 0.2) is 0 Å². The average Bonchev–Trinajstić information content (AvgIpc) is 2.74. The van der Waals surface area contributed by atoms with Gasteiger partial charge < -0.3 is 4.90 Å². The smallest absolute Gasteiger partial charge is 0.276 e. The zero-order chi connectivity index (χ0) is 20.8. The van der Waals surface area contributed by atoms with Gasteiger partial charge in [0, 0.05) is 19.2 Å². The average molecular weight is 390 g/mol. The van der Waals surface area contributed by atoms with Crippen LogP contribution in [0.5, 0.6) is 0 Å². The molecule has 3 aromatic carbocycles. The van der Waals surface area contributed by atoms with Crippen LogP contribution < -0.4 is 0 Å². The Morgan fingerprint density at radius 3 is 2.21 bits per heavy atom. The van der Waals surface area contributed by atoms with Crippen molar-refractivity contribution >= 4 is 17.7 Å². The van der Waals surface area contributed by atoms with Gasteiger partial charge in [0.2, 0.25) is 5.91 Å². The minimum Gasteiger partial charge on any atom is -0.331 e. The lowest BCUT2D eigenvalue weighted by molar-refractivity contribution is -0.385. The van der Waals surface area contributed by atoms with Crippen molar-refractivity contribution in [3.63, 3.8) is 0 Å². The van der Waals surface area contributed by atoms with Crippen molar-refractivity contribution in [3.05, 3.63) is 118 Å². The summed E-state index contributed by atoms with van der Waals surface area (Å²) >= 11 is 0. The van der Waals surface area contributed by atoms with E-state index in [2.05, 4.69) is 0 Å². The summed E-state index contributed by atoms with van der Waals surface area (Å²) < 4.78 is 13.4. The van der Waals surface area contributed by atoms with Crippen LogP contribution in [0.1, 0.15) is 22.7 Å². The van der Waals surface area contributed by atoms with Gasteiger partial charge in [0.25, 0.3) is 5.69 Å². The zero-order valence-electron chi connectivity index (χ0n) is 15.7. The molecule has 1 amide bonds. The van der Waals surface area contributed by atoms with Crippen LogP contribution in [-0.4, -0.2) is 22.8 Å².